The van der Waals surface area contributed by atoms with Gasteiger partial charge < -0.3 is 9.67 Å². The largest absolute Gasteiger partial charge is 0.508 e. The van der Waals surface area contributed by atoms with E-state index < -0.39 is 0 Å². The fourth-order valence-electron chi connectivity index (χ4n) is 2.99. The molecule has 0 radical (unpaired) electrons. The first-order valence-corrected chi connectivity index (χ1v) is 8.89. The van der Waals surface area contributed by atoms with Crippen LogP contribution >= 0.6 is 0 Å². The number of phenolic OH excluding ortho intramolecular Hbond substituents is 1. The highest BCUT2D eigenvalue weighted by molar-refractivity contribution is 5.52. The molecule has 27 heavy (non-hydrogen) atoms. The van der Waals surface area contributed by atoms with E-state index in [1.54, 1.807) is 18.2 Å². The molecule has 4 heteroatoms. The molecule has 0 amide bonds. The second-order valence-electron chi connectivity index (χ2n) is 6.50. The van der Waals surface area contributed by atoms with Crippen molar-refractivity contribution in [2.45, 2.75) is 33.2 Å². The lowest BCUT2D eigenvalue weighted by atomic mass is 9.99. The molecule has 1 N–H and O–H groups in total. The third-order valence-electron chi connectivity index (χ3n) is 4.54. The normalized spacial score (nSPS) is 10.1. The maximum absolute atomic E-state index is 9.53. The number of hydrogen-bond donors (Lipinski definition) is 1. The summed E-state index contributed by atoms with van der Waals surface area (Å²) in [6.07, 6.45) is 5.57. The van der Waals surface area contributed by atoms with E-state index in [1.807, 2.05) is 44.4 Å². The van der Waals surface area contributed by atoms with Gasteiger partial charge in [0.2, 0.25) is 0 Å². The molecular formula is C23H21N3O. The van der Waals surface area contributed by atoms with Gasteiger partial charge in [-0.1, -0.05) is 11.8 Å². The van der Waals surface area contributed by atoms with Gasteiger partial charge in [0, 0.05) is 30.1 Å². The number of aromatic hydroxyl groups is 1. The number of nitrogens with zero attached hydrogens (tertiary/aromatic N) is 3. The van der Waals surface area contributed by atoms with Crippen molar-refractivity contribution in [1.29, 1.82) is 5.26 Å². The van der Waals surface area contributed by atoms with Gasteiger partial charge in [-0.05, 0) is 74.2 Å². The highest BCUT2D eigenvalue weighted by Gasteiger charge is 2.04. The van der Waals surface area contributed by atoms with Gasteiger partial charge in [-0.15, -0.1) is 0 Å². The molecule has 0 aliphatic carbocycles. The van der Waals surface area contributed by atoms with E-state index in [2.05, 4.69) is 27.5 Å². The van der Waals surface area contributed by atoms with Crippen LogP contribution in [-0.4, -0.2) is 14.7 Å². The first-order valence-electron chi connectivity index (χ1n) is 8.89. The summed E-state index contributed by atoms with van der Waals surface area (Å²) in [5.74, 6) is 7.67. The standard InChI is InChI=1S/C23H21N3O/c1-17-14-23(27)10-9-20(17)7-8-21-6-5-19(16-24)15-22(21)4-3-12-26-13-11-25-18(26)2/h5-6,9-11,13-15,27H,3-4,12H2,1-2H3. The Morgan fingerprint density at radius 3 is 2.56 bits per heavy atom. The Hall–Kier alpha value is -3.50. The zero-order chi connectivity index (χ0) is 19.2. The van der Waals surface area contributed by atoms with Gasteiger partial charge in [-0.25, -0.2) is 4.98 Å². The highest BCUT2D eigenvalue weighted by Crippen LogP contribution is 2.17. The monoisotopic (exact) mass is 355 g/mol. The number of nitriles is 1. The SMILES string of the molecule is Cc1cc(O)ccc1C#Cc1ccc(C#N)cc1CCCn1ccnc1C. The lowest BCUT2D eigenvalue weighted by Crippen LogP contribution is -2.02. The van der Waals surface area contributed by atoms with Crippen LogP contribution in [0.1, 0.15) is 40.1 Å². The Kier molecular flexibility index (Phi) is 5.59. The van der Waals surface area contributed by atoms with Crippen LogP contribution in [-0.2, 0) is 13.0 Å². The maximum Gasteiger partial charge on any atom is 0.115 e. The van der Waals surface area contributed by atoms with Gasteiger partial charge in [-0.3, -0.25) is 0 Å². The molecule has 2 aromatic carbocycles. The average molecular weight is 355 g/mol. The summed E-state index contributed by atoms with van der Waals surface area (Å²) in [5, 5.41) is 18.7. The molecule has 0 bridgehead atoms. The van der Waals surface area contributed by atoms with E-state index >= 15 is 0 Å². The van der Waals surface area contributed by atoms with Crippen molar-refractivity contribution >= 4 is 0 Å². The second kappa shape index (κ2) is 8.25. The predicted octanol–water partition coefficient (Wildman–Crippen LogP) is 4.11. The molecular weight excluding hydrogens is 334 g/mol. The number of aryl methyl sites for hydroxylation is 4. The number of rotatable bonds is 4. The van der Waals surface area contributed by atoms with Gasteiger partial charge in [0.05, 0.1) is 11.6 Å². The highest BCUT2D eigenvalue weighted by atomic mass is 16.3. The second-order valence-corrected chi connectivity index (χ2v) is 6.50. The quantitative estimate of drug-likeness (QED) is 0.717. The molecule has 3 rings (SSSR count). The summed E-state index contributed by atoms with van der Waals surface area (Å²) in [6, 6.07) is 13.0. The van der Waals surface area contributed by atoms with Gasteiger partial charge in [0.15, 0.2) is 0 Å². The van der Waals surface area contributed by atoms with Crippen molar-refractivity contribution in [3.63, 3.8) is 0 Å². The number of phenols is 1. The smallest absolute Gasteiger partial charge is 0.115 e. The summed E-state index contributed by atoms with van der Waals surface area (Å²) in [5.41, 5.74) is 4.49. The Balaban J connectivity index is 1.82. The molecule has 0 aliphatic rings. The molecule has 0 atom stereocenters. The molecule has 0 aliphatic heterocycles. The lowest BCUT2D eigenvalue weighted by Gasteiger charge is -2.08. The van der Waals surface area contributed by atoms with E-state index in [0.29, 0.717) is 5.56 Å². The van der Waals surface area contributed by atoms with Crippen molar-refractivity contribution in [3.05, 3.63) is 82.4 Å². The number of imidazole rings is 1. The first-order chi connectivity index (χ1) is 13.1. The van der Waals surface area contributed by atoms with Crippen molar-refractivity contribution in [2.24, 2.45) is 0 Å². The summed E-state index contributed by atoms with van der Waals surface area (Å²) in [6.45, 7) is 4.80. The van der Waals surface area contributed by atoms with E-state index in [1.165, 1.54) is 0 Å². The topological polar surface area (TPSA) is 61.8 Å². The summed E-state index contributed by atoms with van der Waals surface area (Å²) in [7, 11) is 0. The van der Waals surface area contributed by atoms with Crippen molar-refractivity contribution in [3.8, 4) is 23.7 Å². The molecule has 3 aromatic rings. The number of aromatic nitrogens is 2. The fraction of sp³-hybridized carbons (Fsp3) is 0.217. The van der Waals surface area contributed by atoms with Crippen molar-refractivity contribution < 1.29 is 5.11 Å². The maximum atomic E-state index is 9.53. The van der Waals surface area contributed by atoms with Crippen LogP contribution in [0.2, 0.25) is 0 Å². The van der Waals surface area contributed by atoms with E-state index in [9.17, 15) is 10.4 Å². The van der Waals surface area contributed by atoms with Crippen LogP contribution in [0.25, 0.3) is 0 Å². The third-order valence-corrected chi connectivity index (χ3v) is 4.54. The summed E-state index contributed by atoms with van der Waals surface area (Å²) in [4.78, 5) is 4.24. The minimum atomic E-state index is 0.243. The van der Waals surface area contributed by atoms with Crippen molar-refractivity contribution in [2.75, 3.05) is 0 Å². The zero-order valence-corrected chi connectivity index (χ0v) is 15.5. The molecule has 4 nitrogen and oxygen atoms in total. The van der Waals surface area contributed by atoms with Gasteiger partial charge in [-0.2, -0.15) is 5.26 Å². The molecule has 1 heterocycles. The molecule has 0 spiro atoms. The Morgan fingerprint density at radius 1 is 1.07 bits per heavy atom. The summed E-state index contributed by atoms with van der Waals surface area (Å²) < 4.78 is 2.12. The zero-order valence-electron chi connectivity index (χ0n) is 15.5. The Bertz CT molecular complexity index is 1060. The van der Waals surface area contributed by atoms with E-state index in [-0.39, 0.29) is 5.75 Å². The fourth-order valence-corrected chi connectivity index (χ4v) is 2.99. The molecule has 0 saturated carbocycles. The average Bonchev–Trinajstić information content (AvgIpc) is 3.06. The van der Waals surface area contributed by atoms with Crippen LogP contribution in [0.3, 0.4) is 0 Å². The minimum Gasteiger partial charge on any atom is -0.508 e. The van der Waals surface area contributed by atoms with Gasteiger partial charge in [0.25, 0.3) is 0 Å². The molecule has 0 fully saturated rings. The molecule has 1 aromatic heterocycles. The minimum absolute atomic E-state index is 0.243. The van der Waals surface area contributed by atoms with E-state index in [4.69, 9.17) is 0 Å². The first kappa shape index (κ1) is 18.3. The third kappa shape index (κ3) is 4.57. The summed E-state index contributed by atoms with van der Waals surface area (Å²) >= 11 is 0. The Labute approximate surface area is 159 Å². The molecule has 0 saturated heterocycles. The van der Waals surface area contributed by atoms with Crippen molar-refractivity contribution in [1.82, 2.24) is 9.55 Å². The number of benzene rings is 2. The van der Waals surface area contributed by atoms with Crippen LogP contribution in [0.4, 0.5) is 0 Å². The predicted molar refractivity (Wildman–Crippen MR) is 105 cm³/mol. The lowest BCUT2D eigenvalue weighted by molar-refractivity contribution is 0.475. The number of hydrogen-bond acceptors (Lipinski definition) is 3. The van der Waals surface area contributed by atoms with Crippen LogP contribution in [0.5, 0.6) is 5.75 Å². The van der Waals surface area contributed by atoms with Gasteiger partial charge >= 0.3 is 0 Å². The molecule has 134 valence electrons. The van der Waals surface area contributed by atoms with Crippen LogP contribution < -0.4 is 0 Å². The van der Waals surface area contributed by atoms with E-state index in [0.717, 1.165) is 47.5 Å². The molecule has 0 unspecified atom stereocenters. The van der Waals surface area contributed by atoms with Crippen LogP contribution in [0.15, 0.2) is 48.8 Å². The Morgan fingerprint density at radius 2 is 1.85 bits per heavy atom. The van der Waals surface area contributed by atoms with Crippen LogP contribution in [0, 0.1) is 37.0 Å². The van der Waals surface area contributed by atoms with Gasteiger partial charge in [0.1, 0.15) is 11.6 Å².